The first-order valence-corrected chi connectivity index (χ1v) is 10.3. The quantitative estimate of drug-likeness (QED) is 0.444. The highest BCUT2D eigenvalue weighted by atomic mass is 16.5. The fraction of sp³-hybridized carbons (Fsp3) is 0.160. The number of carbonyl (C=O) groups excluding carboxylic acids is 4. The summed E-state index contributed by atoms with van der Waals surface area (Å²) >= 11 is 0. The minimum Gasteiger partial charge on any atom is -0.465 e. The second-order valence-electron chi connectivity index (χ2n) is 7.48. The molecule has 1 unspecified atom stereocenters. The van der Waals surface area contributed by atoms with Gasteiger partial charge in [-0.3, -0.25) is 24.3 Å². The first kappa shape index (κ1) is 21.9. The molecule has 0 aliphatic carbocycles. The summed E-state index contributed by atoms with van der Waals surface area (Å²) in [7, 11) is 1.28. The van der Waals surface area contributed by atoms with Crippen LogP contribution in [0.15, 0.2) is 72.9 Å². The maximum Gasteiger partial charge on any atom is 0.337 e. The standard InChI is InChI=1S/C25H21N3O5/c1-33-25(32)17-11-12-26-18(14-17)15-27-22(29)21(13-16-7-3-2-4-8-16)28-23(30)19-9-5-6-10-20(19)24(28)31/h2-12,14,21H,13,15H2,1H3,(H,27,29). The van der Waals surface area contributed by atoms with Gasteiger partial charge >= 0.3 is 5.97 Å². The Kier molecular flexibility index (Phi) is 6.26. The van der Waals surface area contributed by atoms with Crippen LogP contribution in [-0.4, -0.2) is 46.7 Å². The molecule has 0 spiro atoms. The Bertz CT molecular complexity index is 1190. The van der Waals surface area contributed by atoms with E-state index in [0.717, 1.165) is 10.5 Å². The van der Waals surface area contributed by atoms with Gasteiger partial charge in [-0.05, 0) is 29.8 Å². The number of hydrogen-bond acceptors (Lipinski definition) is 6. The number of ether oxygens (including phenoxy) is 1. The van der Waals surface area contributed by atoms with Crippen molar-refractivity contribution < 1.29 is 23.9 Å². The van der Waals surface area contributed by atoms with Crippen molar-refractivity contribution in [1.82, 2.24) is 15.2 Å². The van der Waals surface area contributed by atoms with Crippen LogP contribution >= 0.6 is 0 Å². The molecule has 1 aliphatic rings. The molecule has 0 radical (unpaired) electrons. The van der Waals surface area contributed by atoms with Gasteiger partial charge in [-0.15, -0.1) is 0 Å². The molecule has 2 aromatic carbocycles. The van der Waals surface area contributed by atoms with E-state index >= 15 is 0 Å². The van der Waals surface area contributed by atoms with Crippen LogP contribution in [0.3, 0.4) is 0 Å². The van der Waals surface area contributed by atoms with Gasteiger partial charge in [-0.2, -0.15) is 0 Å². The molecule has 0 fully saturated rings. The number of carbonyl (C=O) groups is 4. The Hall–Kier alpha value is -4.33. The Morgan fingerprint density at radius 2 is 1.61 bits per heavy atom. The van der Waals surface area contributed by atoms with Gasteiger partial charge in [0.05, 0.1) is 36.0 Å². The number of imide groups is 1. The highest BCUT2D eigenvalue weighted by Gasteiger charge is 2.42. The van der Waals surface area contributed by atoms with Crippen molar-refractivity contribution >= 4 is 23.7 Å². The lowest BCUT2D eigenvalue weighted by atomic mass is 10.0. The summed E-state index contributed by atoms with van der Waals surface area (Å²) in [4.78, 5) is 56.2. The summed E-state index contributed by atoms with van der Waals surface area (Å²) < 4.78 is 4.71. The second-order valence-corrected chi connectivity index (χ2v) is 7.48. The molecule has 1 aromatic heterocycles. The van der Waals surface area contributed by atoms with Gasteiger partial charge in [0.1, 0.15) is 6.04 Å². The van der Waals surface area contributed by atoms with E-state index in [1.165, 1.54) is 25.4 Å². The third-order valence-corrected chi connectivity index (χ3v) is 5.39. The van der Waals surface area contributed by atoms with Crippen molar-refractivity contribution in [1.29, 1.82) is 0 Å². The zero-order valence-electron chi connectivity index (χ0n) is 17.9. The van der Waals surface area contributed by atoms with Gasteiger partial charge < -0.3 is 10.1 Å². The maximum atomic E-state index is 13.2. The van der Waals surface area contributed by atoms with E-state index in [2.05, 4.69) is 10.3 Å². The first-order valence-electron chi connectivity index (χ1n) is 10.3. The molecule has 166 valence electrons. The minimum atomic E-state index is -1.05. The van der Waals surface area contributed by atoms with Crippen LogP contribution in [-0.2, 0) is 22.5 Å². The van der Waals surface area contributed by atoms with E-state index in [9.17, 15) is 19.2 Å². The number of fused-ring (bicyclic) bond motifs is 1. The lowest BCUT2D eigenvalue weighted by Crippen LogP contribution is -2.50. The largest absolute Gasteiger partial charge is 0.465 e. The predicted octanol–water partition coefficient (Wildman–Crippen LogP) is 2.39. The first-order chi connectivity index (χ1) is 16.0. The van der Waals surface area contributed by atoms with Crippen molar-refractivity contribution in [2.24, 2.45) is 0 Å². The summed E-state index contributed by atoms with van der Waals surface area (Å²) in [5.74, 6) is -2.02. The second kappa shape index (κ2) is 9.44. The topological polar surface area (TPSA) is 106 Å². The van der Waals surface area contributed by atoms with E-state index in [-0.39, 0.29) is 24.1 Å². The van der Waals surface area contributed by atoms with Crippen molar-refractivity contribution in [3.63, 3.8) is 0 Å². The zero-order chi connectivity index (χ0) is 23.4. The number of amides is 3. The van der Waals surface area contributed by atoms with Gasteiger partial charge in [0.15, 0.2) is 0 Å². The van der Waals surface area contributed by atoms with Crippen LogP contribution in [0.1, 0.15) is 42.3 Å². The number of nitrogens with zero attached hydrogens (tertiary/aromatic N) is 2. The number of methoxy groups -OCH3 is 1. The Morgan fingerprint density at radius 3 is 2.24 bits per heavy atom. The molecule has 0 bridgehead atoms. The molecule has 1 atom stereocenters. The SMILES string of the molecule is COC(=O)c1ccnc(CNC(=O)C(Cc2ccccc2)N2C(=O)c3ccccc3C2=O)c1. The predicted molar refractivity (Wildman–Crippen MR) is 118 cm³/mol. The molecule has 8 nitrogen and oxygen atoms in total. The molecule has 0 saturated heterocycles. The fourth-order valence-corrected chi connectivity index (χ4v) is 3.74. The minimum absolute atomic E-state index is 0.0120. The van der Waals surface area contributed by atoms with Crippen LogP contribution in [0.25, 0.3) is 0 Å². The van der Waals surface area contributed by atoms with E-state index in [0.29, 0.717) is 11.3 Å². The van der Waals surface area contributed by atoms with E-state index in [1.54, 1.807) is 24.3 Å². The number of aromatic nitrogens is 1. The van der Waals surface area contributed by atoms with E-state index < -0.39 is 29.7 Å². The monoisotopic (exact) mass is 443 g/mol. The average Bonchev–Trinajstić information content (AvgIpc) is 3.11. The van der Waals surface area contributed by atoms with Gasteiger partial charge in [0.2, 0.25) is 5.91 Å². The zero-order valence-corrected chi connectivity index (χ0v) is 17.9. The smallest absolute Gasteiger partial charge is 0.337 e. The summed E-state index contributed by atoms with van der Waals surface area (Å²) in [6, 6.07) is 17.7. The summed E-state index contributed by atoms with van der Waals surface area (Å²) in [5, 5.41) is 2.75. The average molecular weight is 443 g/mol. The molecular formula is C25H21N3O5. The summed E-state index contributed by atoms with van der Waals surface area (Å²) in [6.45, 7) is 0.0120. The number of benzene rings is 2. The van der Waals surface area contributed by atoms with Crippen molar-refractivity contribution in [2.75, 3.05) is 7.11 Å². The van der Waals surface area contributed by atoms with Crippen LogP contribution < -0.4 is 5.32 Å². The third kappa shape index (κ3) is 4.50. The molecule has 0 saturated carbocycles. The molecule has 3 aromatic rings. The number of nitrogens with one attached hydrogen (secondary N) is 1. The van der Waals surface area contributed by atoms with Gasteiger partial charge in [0.25, 0.3) is 11.8 Å². The van der Waals surface area contributed by atoms with Gasteiger partial charge in [-0.25, -0.2) is 4.79 Å². The molecule has 3 amide bonds. The van der Waals surface area contributed by atoms with Crippen LogP contribution in [0.5, 0.6) is 0 Å². The highest BCUT2D eigenvalue weighted by molar-refractivity contribution is 6.22. The number of hydrogen-bond donors (Lipinski definition) is 1. The van der Waals surface area contributed by atoms with Crippen LogP contribution in [0.2, 0.25) is 0 Å². The summed E-state index contributed by atoms with van der Waals surface area (Å²) in [5.41, 5.74) is 2.10. The summed E-state index contributed by atoms with van der Waals surface area (Å²) in [6.07, 6.45) is 1.60. The molecular weight excluding hydrogens is 422 g/mol. The fourth-order valence-electron chi connectivity index (χ4n) is 3.74. The number of pyridine rings is 1. The van der Waals surface area contributed by atoms with E-state index in [4.69, 9.17) is 4.74 Å². The molecule has 8 heteroatoms. The van der Waals surface area contributed by atoms with Crippen molar-refractivity contribution in [3.05, 3.63) is 101 Å². The molecule has 1 aliphatic heterocycles. The molecule has 1 N–H and O–H groups in total. The van der Waals surface area contributed by atoms with Crippen molar-refractivity contribution in [2.45, 2.75) is 19.0 Å². The number of rotatable bonds is 7. The normalized spacial score (nSPS) is 13.4. The van der Waals surface area contributed by atoms with Crippen LogP contribution in [0.4, 0.5) is 0 Å². The van der Waals surface area contributed by atoms with Gasteiger partial charge in [0, 0.05) is 12.6 Å². The Balaban J connectivity index is 1.58. The Morgan fingerprint density at radius 1 is 0.970 bits per heavy atom. The molecule has 33 heavy (non-hydrogen) atoms. The van der Waals surface area contributed by atoms with Gasteiger partial charge in [-0.1, -0.05) is 42.5 Å². The van der Waals surface area contributed by atoms with Crippen molar-refractivity contribution in [3.8, 4) is 0 Å². The third-order valence-electron chi connectivity index (χ3n) is 5.39. The van der Waals surface area contributed by atoms with Crippen LogP contribution in [0, 0.1) is 0 Å². The lowest BCUT2D eigenvalue weighted by Gasteiger charge is -2.25. The highest BCUT2D eigenvalue weighted by Crippen LogP contribution is 2.26. The maximum absolute atomic E-state index is 13.2. The molecule has 4 rings (SSSR count). The van der Waals surface area contributed by atoms with E-state index in [1.807, 2.05) is 30.3 Å². The molecule has 2 heterocycles. The number of esters is 1. The Labute approximate surface area is 190 Å². The lowest BCUT2D eigenvalue weighted by molar-refractivity contribution is -0.125.